The number of carbonyl (C=O) groups excluding carboxylic acids is 1. The maximum absolute atomic E-state index is 11.7. The number of carbonyl (C=O) groups is 1. The minimum atomic E-state index is -0.323. The number of amides is 1. The lowest BCUT2D eigenvalue weighted by atomic mass is 10.1. The Bertz CT molecular complexity index is 467. The molecule has 0 aromatic carbocycles. The Kier molecular flexibility index (Phi) is 4.65. The van der Waals surface area contributed by atoms with Crippen molar-refractivity contribution < 1.29 is 4.79 Å². The highest BCUT2D eigenvalue weighted by molar-refractivity contribution is 5.92. The Balaban J connectivity index is 2.70. The smallest absolute Gasteiger partial charge is 0.270 e. The van der Waals surface area contributed by atoms with E-state index in [4.69, 9.17) is 10.5 Å². The molecule has 1 N–H and O–H groups in total. The summed E-state index contributed by atoms with van der Waals surface area (Å²) < 4.78 is 0. The number of pyridine rings is 1. The Morgan fingerprint density at radius 1 is 1.53 bits per heavy atom. The molecule has 0 saturated carbocycles. The average Bonchev–Trinajstić information content (AvgIpc) is 2.38. The van der Waals surface area contributed by atoms with E-state index in [1.54, 1.807) is 0 Å². The van der Waals surface area contributed by atoms with E-state index in [1.165, 1.54) is 18.3 Å². The number of nitriles is 2. The Morgan fingerprint density at radius 2 is 2.29 bits per heavy atom. The van der Waals surface area contributed by atoms with E-state index >= 15 is 0 Å². The first-order chi connectivity index (χ1) is 8.21. The van der Waals surface area contributed by atoms with Crippen LogP contribution in [-0.2, 0) is 0 Å². The van der Waals surface area contributed by atoms with Crippen LogP contribution in [0.25, 0.3) is 0 Å². The second-order valence-corrected chi connectivity index (χ2v) is 3.48. The van der Waals surface area contributed by atoms with Crippen molar-refractivity contribution in [3.63, 3.8) is 0 Å². The zero-order valence-corrected chi connectivity index (χ0v) is 9.47. The first kappa shape index (κ1) is 12.7. The van der Waals surface area contributed by atoms with Crippen LogP contribution in [0.1, 0.15) is 35.8 Å². The molecule has 0 bridgehead atoms. The van der Waals surface area contributed by atoms with Gasteiger partial charge in [0.1, 0.15) is 11.8 Å². The third-order valence-corrected chi connectivity index (χ3v) is 2.29. The molecule has 86 valence electrons. The fourth-order valence-corrected chi connectivity index (χ4v) is 1.26. The molecular formula is C12H12N4O. The minimum Gasteiger partial charge on any atom is -0.347 e. The molecule has 0 aliphatic carbocycles. The Labute approximate surface area is 99.7 Å². The van der Waals surface area contributed by atoms with Crippen molar-refractivity contribution in [2.24, 2.45) is 0 Å². The molecule has 5 nitrogen and oxygen atoms in total. The summed E-state index contributed by atoms with van der Waals surface area (Å²) in [5.41, 5.74) is 0.658. The summed E-state index contributed by atoms with van der Waals surface area (Å²) in [5, 5.41) is 19.9. The topological polar surface area (TPSA) is 89.6 Å². The summed E-state index contributed by atoms with van der Waals surface area (Å²) in [4.78, 5) is 15.6. The number of nitrogens with zero attached hydrogens (tertiary/aromatic N) is 3. The molecule has 0 aliphatic rings. The first-order valence-corrected chi connectivity index (χ1v) is 5.25. The molecule has 0 spiro atoms. The number of aromatic nitrogens is 1. The van der Waals surface area contributed by atoms with Gasteiger partial charge in [-0.2, -0.15) is 10.5 Å². The van der Waals surface area contributed by atoms with Crippen molar-refractivity contribution in [2.75, 3.05) is 0 Å². The number of rotatable bonds is 4. The third-order valence-electron chi connectivity index (χ3n) is 2.29. The van der Waals surface area contributed by atoms with Crippen LogP contribution >= 0.6 is 0 Å². The molecule has 1 aromatic heterocycles. The highest BCUT2D eigenvalue weighted by Gasteiger charge is 2.12. The van der Waals surface area contributed by atoms with Crippen LogP contribution in [-0.4, -0.2) is 16.9 Å². The maximum Gasteiger partial charge on any atom is 0.270 e. The van der Waals surface area contributed by atoms with Crippen LogP contribution in [0.4, 0.5) is 0 Å². The molecule has 1 amide bonds. The zero-order chi connectivity index (χ0) is 12.7. The van der Waals surface area contributed by atoms with Gasteiger partial charge in [-0.15, -0.1) is 0 Å². The van der Waals surface area contributed by atoms with E-state index in [1.807, 2.05) is 19.1 Å². The Morgan fingerprint density at radius 3 is 2.76 bits per heavy atom. The van der Waals surface area contributed by atoms with Gasteiger partial charge in [0.25, 0.3) is 5.91 Å². The molecule has 1 aromatic rings. The van der Waals surface area contributed by atoms with Crippen LogP contribution in [0.2, 0.25) is 0 Å². The van der Waals surface area contributed by atoms with Gasteiger partial charge in [0.05, 0.1) is 18.1 Å². The van der Waals surface area contributed by atoms with E-state index in [2.05, 4.69) is 10.3 Å². The van der Waals surface area contributed by atoms with Gasteiger partial charge in [-0.3, -0.25) is 4.79 Å². The number of hydrogen-bond acceptors (Lipinski definition) is 4. The van der Waals surface area contributed by atoms with Crippen LogP contribution in [0, 0.1) is 22.7 Å². The molecular weight excluding hydrogens is 216 g/mol. The van der Waals surface area contributed by atoms with E-state index in [0.717, 1.165) is 0 Å². The molecule has 1 rings (SSSR count). The van der Waals surface area contributed by atoms with Gasteiger partial charge < -0.3 is 5.32 Å². The normalized spacial score (nSPS) is 11.0. The highest BCUT2D eigenvalue weighted by atomic mass is 16.1. The molecule has 0 fully saturated rings. The minimum absolute atomic E-state index is 0.162. The lowest BCUT2D eigenvalue weighted by Gasteiger charge is -2.12. The number of nitrogens with one attached hydrogen (secondary N) is 1. The quantitative estimate of drug-likeness (QED) is 0.842. The predicted octanol–water partition coefficient (Wildman–Crippen LogP) is 1.38. The molecule has 1 atom stereocenters. The fraction of sp³-hybridized carbons (Fsp3) is 0.333. The van der Waals surface area contributed by atoms with Gasteiger partial charge in [-0.1, -0.05) is 6.92 Å². The first-order valence-electron chi connectivity index (χ1n) is 5.25. The summed E-state index contributed by atoms with van der Waals surface area (Å²) in [7, 11) is 0. The van der Waals surface area contributed by atoms with Gasteiger partial charge in [-0.25, -0.2) is 4.98 Å². The van der Waals surface area contributed by atoms with Crippen molar-refractivity contribution in [3.05, 3.63) is 29.6 Å². The van der Waals surface area contributed by atoms with Crippen LogP contribution in [0.5, 0.6) is 0 Å². The van der Waals surface area contributed by atoms with E-state index in [9.17, 15) is 4.79 Å². The summed E-state index contributed by atoms with van der Waals surface area (Å²) >= 11 is 0. The second kappa shape index (κ2) is 6.24. The summed E-state index contributed by atoms with van der Waals surface area (Å²) in [6.07, 6.45) is 2.31. The van der Waals surface area contributed by atoms with E-state index in [0.29, 0.717) is 12.0 Å². The molecule has 17 heavy (non-hydrogen) atoms. The van der Waals surface area contributed by atoms with Gasteiger partial charge in [0.2, 0.25) is 0 Å². The van der Waals surface area contributed by atoms with Gasteiger partial charge >= 0.3 is 0 Å². The van der Waals surface area contributed by atoms with Gasteiger partial charge in [-0.05, 0) is 18.6 Å². The van der Waals surface area contributed by atoms with E-state index in [-0.39, 0.29) is 24.1 Å². The van der Waals surface area contributed by atoms with Gasteiger partial charge in [0, 0.05) is 12.2 Å². The molecule has 1 heterocycles. The summed E-state index contributed by atoms with van der Waals surface area (Å²) in [6, 6.07) is 6.81. The van der Waals surface area contributed by atoms with Crippen LogP contribution < -0.4 is 5.32 Å². The van der Waals surface area contributed by atoms with Crippen molar-refractivity contribution >= 4 is 5.91 Å². The lowest BCUT2D eigenvalue weighted by Crippen LogP contribution is -2.34. The number of hydrogen-bond donors (Lipinski definition) is 1. The van der Waals surface area contributed by atoms with Crippen molar-refractivity contribution in [1.29, 1.82) is 10.5 Å². The molecule has 0 radical (unpaired) electrons. The highest BCUT2D eigenvalue weighted by Crippen LogP contribution is 2.02. The third kappa shape index (κ3) is 3.58. The zero-order valence-electron chi connectivity index (χ0n) is 9.47. The monoisotopic (exact) mass is 228 g/mol. The predicted molar refractivity (Wildman–Crippen MR) is 60.7 cm³/mol. The summed E-state index contributed by atoms with van der Waals surface area (Å²) in [6.45, 7) is 1.90. The maximum atomic E-state index is 11.7. The SMILES string of the molecule is CCC(CC#N)NC(=O)c1ccc(C#N)cn1. The van der Waals surface area contributed by atoms with Crippen molar-refractivity contribution in [3.8, 4) is 12.1 Å². The lowest BCUT2D eigenvalue weighted by molar-refractivity contribution is 0.0931. The molecule has 0 aliphatic heterocycles. The fourth-order valence-electron chi connectivity index (χ4n) is 1.26. The Hall–Kier alpha value is -2.40. The largest absolute Gasteiger partial charge is 0.347 e. The van der Waals surface area contributed by atoms with Gasteiger partial charge in [0.15, 0.2) is 0 Å². The summed E-state index contributed by atoms with van der Waals surface area (Å²) in [5.74, 6) is -0.323. The van der Waals surface area contributed by atoms with Crippen LogP contribution in [0.15, 0.2) is 18.3 Å². The molecule has 1 unspecified atom stereocenters. The standard InChI is InChI=1S/C12H12N4O/c1-2-10(5-6-13)16-12(17)11-4-3-9(7-14)8-15-11/h3-4,8,10H,2,5H2,1H3,(H,16,17). The van der Waals surface area contributed by atoms with E-state index < -0.39 is 0 Å². The average molecular weight is 228 g/mol. The molecule has 5 heteroatoms. The second-order valence-electron chi connectivity index (χ2n) is 3.48. The van der Waals surface area contributed by atoms with Crippen molar-refractivity contribution in [1.82, 2.24) is 10.3 Å². The van der Waals surface area contributed by atoms with Crippen LogP contribution in [0.3, 0.4) is 0 Å². The van der Waals surface area contributed by atoms with Crippen molar-refractivity contribution in [2.45, 2.75) is 25.8 Å². The molecule has 0 saturated heterocycles.